The van der Waals surface area contributed by atoms with Crippen molar-refractivity contribution in [1.82, 2.24) is 30.8 Å². The number of halogens is 2. The quantitative estimate of drug-likeness (QED) is 0.421. The van der Waals surface area contributed by atoms with Gasteiger partial charge < -0.3 is 10.2 Å². The van der Waals surface area contributed by atoms with Crippen LogP contribution in [-0.2, 0) is 11.3 Å². The fraction of sp³-hybridized carbons (Fsp3) is 0.448. The molecular formula is C29H33F2N7O2. The van der Waals surface area contributed by atoms with Crippen molar-refractivity contribution in [3.8, 4) is 0 Å². The average Bonchev–Trinajstić information content (AvgIpc) is 3.51. The Bertz CT molecular complexity index is 1380. The third-order valence-electron chi connectivity index (χ3n) is 7.71. The van der Waals surface area contributed by atoms with Gasteiger partial charge in [-0.1, -0.05) is 44.5 Å². The highest BCUT2D eigenvalue weighted by Gasteiger charge is 2.53. The number of aliphatic imine (C=N–C) groups is 1. The Kier molecular flexibility index (Phi) is 7.73. The largest absolute Gasteiger partial charge is 0.345 e. The first-order valence-electron chi connectivity index (χ1n) is 13.7. The topological polar surface area (TPSA) is 116 Å². The molecule has 11 heteroatoms. The van der Waals surface area contributed by atoms with Gasteiger partial charge >= 0.3 is 0 Å². The lowest BCUT2D eigenvalue weighted by molar-refractivity contribution is -0.134. The summed E-state index contributed by atoms with van der Waals surface area (Å²) < 4.78 is 28.4. The molecule has 0 saturated heterocycles. The summed E-state index contributed by atoms with van der Waals surface area (Å²) in [6.07, 6.45) is 3.82. The molecule has 3 aromatic rings. The Morgan fingerprint density at radius 3 is 2.40 bits per heavy atom. The molecule has 0 bridgehead atoms. The van der Waals surface area contributed by atoms with Crippen molar-refractivity contribution < 1.29 is 18.4 Å². The summed E-state index contributed by atoms with van der Waals surface area (Å²) in [5.41, 5.74) is 0.763. The van der Waals surface area contributed by atoms with Crippen molar-refractivity contribution in [1.29, 1.82) is 0 Å². The third-order valence-corrected chi connectivity index (χ3v) is 7.71. The minimum atomic E-state index is -0.813. The molecule has 1 saturated carbocycles. The molecular weight excluding hydrogens is 516 g/mol. The van der Waals surface area contributed by atoms with Crippen LogP contribution >= 0.6 is 0 Å². The monoisotopic (exact) mass is 549 g/mol. The number of hydrogen-bond acceptors (Lipinski definition) is 6. The molecule has 1 fully saturated rings. The van der Waals surface area contributed by atoms with E-state index in [2.05, 4.69) is 46.7 Å². The molecule has 2 amide bonds. The Balaban J connectivity index is 1.48. The molecule has 40 heavy (non-hydrogen) atoms. The molecule has 5 rings (SSSR count). The van der Waals surface area contributed by atoms with Gasteiger partial charge in [-0.05, 0) is 67.3 Å². The number of aromatic amines is 1. The number of amides is 2. The molecule has 2 aromatic carbocycles. The van der Waals surface area contributed by atoms with E-state index in [1.54, 1.807) is 12.1 Å². The second-order valence-corrected chi connectivity index (χ2v) is 11.1. The van der Waals surface area contributed by atoms with Gasteiger partial charge in [-0.2, -0.15) is 5.21 Å². The van der Waals surface area contributed by atoms with E-state index in [9.17, 15) is 18.4 Å². The lowest BCUT2D eigenvalue weighted by Gasteiger charge is -2.47. The van der Waals surface area contributed by atoms with Crippen molar-refractivity contribution in [2.75, 3.05) is 0 Å². The van der Waals surface area contributed by atoms with Gasteiger partial charge in [-0.3, -0.25) is 14.6 Å². The summed E-state index contributed by atoms with van der Waals surface area (Å²) in [7, 11) is 0. The van der Waals surface area contributed by atoms with E-state index >= 15 is 0 Å². The van der Waals surface area contributed by atoms with Crippen LogP contribution in [0.4, 0.5) is 8.78 Å². The summed E-state index contributed by atoms with van der Waals surface area (Å²) in [6.45, 7) is 6.51. The maximum absolute atomic E-state index is 14.2. The number of H-pyrrole nitrogens is 1. The van der Waals surface area contributed by atoms with Crippen molar-refractivity contribution in [3.05, 3.63) is 76.6 Å². The molecule has 2 heterocycles. The van der Waals surface area contributed by atoms with Gasteiger partial charge in [0.2, 0.25) is 0 Å². The standard InChI is InChI=1S/C29H33F2N7O2/c1-4-5-24(19-6-8-20(9-7-19)27(39)32-16-25-34-36-37-35-25)38-28(40)26(21-11-22(30)13-23(31)12-21)33-29(38)14-17(2)10-18(3)15-29/h6-9,11-13,17-18,24H,4-5,10,14-16H2,1-3H3,(H,32,39)(H,34,35,36,37)/t17?,18?,24-,29?/m1/s1. The molecule has 1 aliphatic heterocycles. The molecule has 2 aliphatic rings. The molecule has 2 unspecified atom stereocenters. The Labute approximate surface area is 231 Å². The molecule has 0 radical (unpaired) electrons. The van der Waals surface area contributed by atoms with Crippen LogP contribution in [0.5, 0.6) is 0 Å². The lowest BCUT2D eigenvalue weighted by Crippen LogP contribution is -2.52. The summed E-state index contributed by atoms with van der Waals surface area (Å²) in [5.74, 6) is -1.10. The number of rotatable bonds is 8. The van der Waals surface area contributed by atoms with Crippen LogP contribution in [0.15, 0.2) is 47.5 Å². The highest BCUT2D eigenvalue weighted by atomic mass is 19.1. The van der Waals surface area contributed by atoms with Crippen molar-refractivity contribution in [2.45, 2.75) is 71.1 Å². The fourth-order valence-electron chi connectivity index (χ4n) is 6.36. The van der Waals surface area contributed by atoms with Crippen LogP contribution in [0.3, 0.4) is 0 Å². The summed E-state index contributed by atoms with van der Waals surface area (Å²) in [5, 5.41) is 16.2. The summed E-state index contributed by atoms with van der Waals surface area (Å²) >= 11 is 0. The molecule has 2 N–H and O–H groups in total. The normalized spacial score (nSPS) is 23.4. The van der Waals surface area contributed by atoms with Crippen molar-refractivity contribution in [2.24, 2.45) is 16.8 Å². The molecule has 1 aromatic heterocycles. The first-order valence-corrected chi connectivity index (χ1v) is 13.7. The molecule has 1 spiro atoms. The highest BCUT2D eigenvalue weighted by molar-refractivity contribution is 6.46. The average molecular weight is 550 g/mol. The molecule has 3 atom stereocenters. The van der Waals surface area contributed by atoms with Crippen molar-refractivity contribution in [3.63, 3.8) is 0 Å². The van der Waals surface area contributed by atoms with Crippen LogP contribution < -0.4 is 5.32 Å². The third kappa shape index (κ3) is 5.50. The number of nitrogens with zero attached hydrogens (tertiary/aromatic N) is 5. The first kappa shape index (κ1) is 27.5. The van der Waals surface area contributed by atoms with Crippen LogP contribution in [0, 0.1) is 23.5 Å². The van der Waals surface area contributed by atoms with E-state index in [0.717, 1.165) is 24.5 Å². The van der Waals surface area contributed by atoms with Gasteiger partial charge in [0.1, 0.15) is 23.0 Å². The number of benzene rings is 2. The Morgan fingerprint density at radius 2 is 1.80 bits per heavy atom. The van der Waals surface area contributed by atoms with Crippen LogP contribution in [0.25, 0.3) is 0 Å². The number of carbonyl (C=O) groups is 2. The Morgan fingerprint density at radius 1 is 1.12 bits per heavy atom. The lowest BCUT2D eigenvalue weighted by atomic mass is 9.75. The second-order valence-electron chi connectivity index (χ2n) is 11.1. The number of aromatic nitrogens is 4. The molecule has 1 aliphatic carbocycles. The summed E-state index contributed by atoms with van der Waals surface area (Å²) in [6, 6.07) is 9.99. The van der Waals surface area contributed by atoms with Gasteiger partial charge in [0, 0.05) is 17.2 Å². The number of tetrazole rings is 1. The van der Waals surface area contributed by atoms with Gasteiger partial charge in [0.05, 0.1) is 12.6 Å². The second kappa shape index (κ2) is 11.2. The van der Waals surface area contributed by atoms with E-state index in [1.165, 1.54) is 12.1 Å². The van der Waals surface area contributed by atoms with E-state index in [0.29, 0.717) is 42.5 Å². The first-order chi connectivity index (χ1) is 19.2. The maximum Gasteiger partial charge on any atom is 0.275 e. The molecule has 9 nitrogen and oxygen atoms in total. The predicted octanol–water partition coefficient (Wildman–Crippen LogP) is 4.73. The minimum absolute atomic E-state index is 0.0956. The van der Waals surface area contributed by atoms with E-state index < -0.39 is 17.3 Å². The van der Waals surface area contributed by atoms with Gasteiger partial charge in [-0.25, -0.2) is 8.78 Å². The number of carbonyl (C=O) groups excluding carboxylic acids is 2. The van der Waals surface area contributed by atoms with Crippen LogP contribution in [-0.4, -0.2) is 48.7 Å². The zero-order valence-electron chi connectivity index (χ0n) is 22.8. The van der Waals surface area contributed by atoms with Crippen molar-refractivity contribution >= 4 is 17.5 Å². The highest BCUT2D eigenvalue weighted by Crippen LogP contribution is 2.48. The van der Waals surface area contributed by atoms with E-state index in [1.807, 2.05) is 17.0 Å². The SMILES string of the molecule is CCC[C@H](c1ccc(C(=O)NCc2nn[nH]n2)cc1)N1C(=O)C(c2cc(F)cc(F)c2)=NC12CC(C)CC(C)C2. The van der Waals surface area contributed by atoms with Gasteiger partial charge in [0.15, 0.2) is 5.82 Å². The van der Waals surface area contributed by atoms with Crippen LogP contribution in [0.1, 0.15) is 86.2 Å². The zero-order chi connectivity index (χ0) is 28.4. The minimum Gasteiger partial charge on any atom is -0.345 e. The van der Waals surface area contributed by atoms with E-state index in [4.69, 9.17) is 4.99 Å². The number of hydrogen-bond donors (Lipinski definition) is 2. The Hall–Kier alpha value is -4.02. The smallest absolute Gasteiger partial charge is 0.275 e. The molecule has 210 valence electrons. The maximum atomic E-state index is 14.2. The predicted molar refractivity (Wildman–Crippen MR) is 144 cm³/mol. The van der Waals surface area contributed by atoms with Gasteiger partial charge in [0.25, 0.3) is 11.8 Å². The van der Waals surface area contributed by atoms with Crippen LogP contribution in [0.2, 0.25) is 0 Å². The zero-order valence-corrected chi connectivity index (χ0v) is 22.8. The van der Waals surface area contributed by atoms with E-state index in [-0.39, 0.29) is 35.7 Å². The summed E-state index contributed by atoms with van der Waals surface area (Å²) in [4.78, 5) is 33.7. The van der Waals surface area contributed by atoms with Gasteiger partial charge in [-0.15, -0.1) is 10.2 Å². The number of nitrogens with one attached hydrogen (secondary N) is 2. The fourth-order valence-corrected chi connectivity index (χ4v) is 6.36.